The Morgan fingerprint density at radius 1 is 1.17 bits per heavy atom. The first kappa shape index (κ1) is 17.3. The SMILES string of the molecule is CC(C)(C)OC(=O)[C@@H]1CCCCN1C(=O)OCc1ccccc1. The van der Waals surface area contributed by atoms with Crippen molar-refractivity contribution >= 4 is 12.1 Å². The van der Waals surface area contributed by atoms with Gasteiger partial charge in [0.15, 0.2) is 0 Å². The van der Waals surface area contributed by atoms with Crippen molar-refractivity contribution in [2.45, 2.75) is 58.3 Å². The lowest BCUT2D eigenvalue weighted by Gasteiger charge is -2.34. The molecule has 0 bridgehead atoms. The lowest BCUT2D eigenvalue weighted by Crippen LogP contribution is -2.50. The fourth-order valence-electron chi connectivity index (χ4n) is 2.57. The minimum absolute atomic E-state index is 0.206. The zero-order valence-corrected chi connectivity index (χ0v) is 14.1. The number of amides is 1. The second-order valence-corrected chi connectivity index (χ2v) is 6.78. The molecule has 2 rings (SSSR count). The van der Waals surface area contributed by atoms with Crippen molar-refractivity contribution in [3.63, 3.8) is 0 Å². The Labute approximate surface area is 137 Å². The molecule has 0 radical (unpaired) electrons. The Kier molecular flexibility index (Phi) is 5.64. The molecular weight excluding hydrogens is 294 g/mol. The summed E-state index contributed by atoms with van der Waals surface area (Å²) in [4.78, 5) is 26.2. The molecule has 1 aliphatic rings. The van der Waals surface area contributed by atoms with Gasteiger partial charge in [-0.3, -0.25) is 4.90 Å². The molecule has 0 N–H and O–H groups in total. The third-order valence-corrected chi connectivity index (χ3v) is 3.62. The molecule has 1 amide bonds. The van der Waals surface area contributed by atoms with Gasteiger partial charge >= 0.3 is 12.1 Å². The normalized spacial score (nSPS) is 18.4. The lowest BCUT2D eigenvalue weighted by atomic mass is 10.0. The number of carbonyl (C=O) groups is 2. The third kappa shape index (κ3) is 5.27. The summed E-state index contributed by atoms with van der Waals surface area (Å²) in [6.07, 6.45) is 1.95. The van der Waals surface area contributed by atoms with Crippen molar-refractivity contribution in [2.75, 3.05) is 6.54 Å². The molecule has 1 heterocycles. The highest BCUT2D eigenvalue weighted by molar-refractivity contribution is 5.82. The molecule has 1 atom stereocenters. The third-order valence-electron chi connectivity index (χ3n) is 3.62. The molecule has 0 saturated carbocycles. The van der Waals surface area contributed by atoms with E-state index in [1.54, 1.807) is 0 Å². The number of likely N-dealkylation sites (tertiary alicyclic amines) is 1. The molecule has 1 aromatic carbocycles. The molecule has 1 fully saturated rings. The number of benzene rings is 1. The van der Waals surface area contributed by atoms with Gasteiger partial charge in [-0.05, 0) is 45.6 Å². The van der Waals surface area contributed by atoms with Gasteiger partial charge in [0, 0.05) is 6.54 Å². The van der Waals surface area contributed by atoms with E-state index in [4.69, 9.17) is 9.47 Å². The molecule has 1 aliphatic heterocycles. The van der Waals surface area contributed by atoms with Crippen LogP contribution >= 0.6 is 0 Å². The van der Waals surface area contributed by atoms with Gasteiger partial charge in [0.2, 0.25) is 0 Å². The molecule has 1 saturated heterocycles. The number of piperidine rings is 1. The van der Waals surface area contributed by atoms with Crippen LogP contribution in [0.25, 0.3) is 0 Å². The van der Waals surface area contributed by atoms with E-state index in [1.165, 1.54) is 4.90 Å². The molecular formula is C18H25NO4. The summed E-state index contributed by atoms with van der Waals surface area (Å²) in [5.41, 5.74) is 0.361. The highest BCUT2D eigenvalue weighted by Gasteiger charge is 2.35. The fourth-order valence-corrected chi connectivity index (χ4v) is 2.57. The van der Waals surface area contributed by atoms with Gasteiger partial charge in [-0.25, -0.2) is 9.59 Å². The van der Waals surface area contributed by atoms with Crippen molar-refractivity contribution in [3.8, 4) is 0 Å². The topological polar surface area (TPSA) is 55.8 Å². The van der Waals surface area contributed by atoms with E-state index < -0.39 is 17.7 Å². The van der Waals surface area contributed by atoms with Crippen LogP contribution in [0, 0.1) is 0 Å². The van der Waals surface area contributed by atoms with Crippen molar-refractivity contribution in [1.82, 2.24) is 4.90 Å². The summed E-state index contributed by atoms with van der Waals surface area (Å²) in [5, 5.41) is 0. The second kappa shape index (κ2) is 7.49. The summed E-state index contributed by atoms with van der Waals surface area (Å²) < 4.78 is 10.8. The minimum Gasteiger partial charge on any atom is -0.458 e. The van der Waals surface area contributed by atoms with Gasteiger partial charge in [-0.1, -0.05) is 30.3 Å². The molecule has 0 aliphatic carbocycles. The number of rotatable bonds is 3. The maximum atomic E-state index is 12.3. The van der Waals surface area contributed by atoms with E-state index in [1.807, 2.05) is 51.1 Å². The van der Waals surface area contributed by atoms with Gasteiger partial charge in [0.1, 0.15) is 18.2 Å². The molecule has 0 aromatic heterocycles. The number of esters is 1. The molecule has 126 valence electrons. The van der Waals surface area contributed by atoms with E-state index in [0.717, 1.165) is 18.4 Å². The van der Waals surface area contributed by atoms with Crippen molar-refractivity contribution in [3.05, 3.63) is 35.9 Å². The van der Waals surface area contributed by atoms with Crippen LogP contribution in [0.4, 0.5) is 4.79 Å². The summed E-state index contributed by atoms with van der Waals surface area (Å²) >= 11 is 0. The highest BCUT2D eigenvalue weighted by Crippen LogP contribution is 2.22. The van der Waals surface area contributed by atoms with Crippen LogP contribution in [-0.2, 0) is 20.9 Å². The van der Waals surface area contributed by atoms with Crippen LogP contribution in [0.2, 0.25) is 0 Å². The molecule has 0 spiro atoms. The molecule has 5 heteroatoms. The smallest absolute Gasteiger partial charge is 0.410 e. The summed E-state index contributed by atoms with van der Waals surface area (Å²) in [5.74, 6) is -0.353. The quantitative estimate of drug-likeness (QED) is 0.800. The van der Waals surface area contributed by atoms with E-state index in [9.17, 15) is 9.59 Å². The Balaban J connectivity index is 1.97. The van der Waals surface area contributed by atoms with E-state index in [2.05, 4.69) is 0 Å². The van der Waals surface area contributed by atoms with Crippen LogP contribution in [0.1, 0.15) is 45.6 Å². The Hall–Kier alpha value is -2.04. The van der Waals surface area contributed by atoms with Gasteiger partial charge in [0.05, 0.1) is 0 Å². The lowest BCUT2D eigenvalue weighted by molar-refractivity contribution is -0.162. The Morgan fingerprint density at radius 2 is 1.87 bits per heavy atom. The van der Waals surface area contributed by atoms with E-state index in [-0.39, 0.29) is 12.6 Å². The molecule has 1 aromatic rings. The molecule has 23 heavy (non-hydrogen) atoms. The largest absolute Gasteiger partial charge is 0.458 e. The number of hydrogen-bond donors (Lipinski definition) is 0. The minimum atomic E-state index is -0.561. The zero-order chi connectivity index (χ0) is 16.9. The predicted octanol–water partition coefficient (Wildman–Crippen LogP) is 3.52. The second-order valence-electron chi connectivity index (χ2n) is 6.78. The van der Waals surface area contributed by atoms with Gasteiger partial charge in [0.25, 0.3) is 0 Å². The van der Waals surface area contributed by atoms with Crippen LogP contribution in [0.5, 0.6) is 0 Å². The van der Waals surface area contributed by atoms with Gasteiger partial charge < -0.3 is 9.47 Å². The van der Waals surface area contributed by atoms with Crippen molar-refractivity contribution in [1.29, 1.82) is 0 Å². The summed E-state index contributed by atoms with van der Waals surface area (Å²) in [6, 6.07) is 8.95. The maximum Gasteiger partial charge on any atom is 0.410 e. The Morgan fingerprint density at radius 3 is 2.52 bits per heavy atom. The van der Waals surface area contributed by atoms with E-state index in [0.29, 0.717) is 13.0 Å². The first-order valence-corrected chi connectivity index (χ1v) is 8.07. The fraction of sp³-hybridized carbons (Fsp3) is 0.556. The molecule has 0 unspecified atom stereocenters. The Bertz CT molecular complexity index is 536. The van der Waals surface area contributed by atoms with Crippen LogP contribution < -0.4 is 0 Å². The van der Waals surface area contributed by atoms with Crippen molar-refractivity contribution in [2.24, 2.45) is 0 Å². The first-order chi connectivity index (χ1) is 10.9. The number of carbonyl (C=O) groups excluding carboxylic acids is 2. The van der Waals surface area contributed by atoms with Crippen LogP contribution in [-0.4, -0.2) is 35.2 Å². The van der Waals surface area contributed by atoms with Crippen molar-refractivity contribution < 1.29 is 19.1 Å². The van der Waals surface area contributed by atoms with Crippen LogP contribution in [0.3, 0.4) is 0 Å². The number of ether oxygens (including phenoxy) is 2. The summed E-state index contributed by atoms with van der Waals surface area (Å²) in [7, 11) is 0. The number of hydrogen-bond acceptors (Lipinski definition) is 4. The highest BCUT2D eigenvalue weighted by atomic mass is 16.6. The van der Waals surface area contributed by atoms with Crippen LogP contribution in [0.15, 0.2) is 30.3 Å². The first-order valence-electron chi connectivity index (χ1n) is 8.07. The average molecular weight is 319 g/mol. The van der Waals surface area contributed by atoms with Gasteiger partial charge in [-0.2, -0.15) is 0 Å². The van der Waals surface area contributed by atoms with Gasteiger partial charge in [-0.15, -0.1) is 0 Å². The standard InChI is InChI=1S/C18H25NO4/c1-18(2,3)23-16(20)15-11-7-8-12-19(15)17(21)22-13-14-9-5-4-6-10-14/h4-6,9-10,15H,7-8,11-13H2,1-3H3/t15-/m0/s1. The molecule has 5 nitrogen and oxygen atoms in total. The summed E-state index contributed by atoms with van der Waals surface area (Å²) in [6.45, 7) is 6.21. The van der Waals surface area contributed by atoms with E-state index >= 15 is 0 Å². The maximum absolute atomic E-state index is 12.3. The monoisotopic (exact) mass is 319 g/mol. The zero-order valence-electron chi connectivity index (χ0n) is 14.1. The predicted molar refractivity (Wildman–Crippen MR) is 86.8 cm³/mol. The number of nitrogens with zero attached hydrogens (tertiary/aromatic N) is 1. The average Bonchev–Trinajstić information content (AvgIpc) is 2.52.